The molecule has 0 aliphatic carbocycles. The summed E-state index contributed by atoms with van der Waals surface area (Å²) in [5.74, 6) is 0.643. The molecule has 0 atom stereocenters. The first kappa shape index (κ1) is 11.5. The van der Waals surface area contributed by atoms with Gasteiger partial charge in [0.05, 0.1) is 11.1 Å². The van der Waals surface area contributed by atoms with Crippen LogP contribution in [0.2, 0.25) is 0 Å². The van der Waals surface area contributed by atoms with Crippen molar-refractivity contribution >= 4 is 21.6 Å². The molecular weight excluding hydrogens is 288 g/mol. The first-order chi connectivity index (χ1) is 8.16. The number of hydrogen-bond donors (Lipinski definition) is 0. The smallest absolute Gasteiger partial charge is 0.312 e. The van der Waals surface area contributed by atoms with Gasteiger partial charge in [0.1, 0.15) is 5.75 Å². The number of rotatable bonds is 3. The Morgan fingerprint density at radius 2 is 2.18 bits per heavy atom. The Bertz CT molecular complexity index is 546. The number of pyridine rings is 1. The zero-order chi connectivity index (χ0) is 12.3. The van der Waals surface area contributed by atoms with E-state index in [1.54, 1.807) is 24.4 Å². The molecule has 2 rings (SSSR count). The second-order valence-corrected chi connectivity index (χ2v) is 4.08. The molecule has 6 heteroatoms. The zero-order valence-electron chi connectivity index (χ0n) is 8.54. The molecule has 0 fully saturated rings. The molecule has 0 saturated heterocycles. The van der Waals surface area contributed by atoms with Crippen LogP contribution in [-0.2, 0) is 0 Å². The summed E-state index contributed by atoms with van der Waals surface area (Å²) in [4.78, 5) is 14.2. The summed E-state index contributed by atoms with van der Waals surface area (Å²) < 4.78 is 6.03. The summed E-state index contributed by atoms with van der Waals surface area (Å²) >= 11 is 3.18. The highest BCUT2D eigenvalue weighted by molar-refractivity contribution is 9.10. The van der Waals surface area contributed by atoms with E-state index in [0.717, 1.165) is 0 Å². The lowest BCUT2D eigenvalue weighted by Crippen LogP contribution is -1.93. The monoisotopic (exact) mass is 294 g/mol. The molecule has 0 amide bonds. The molecule has 0 unspecified atom stereocenters. The average molecular weight is 295 g/mol. The van der Waals surface area contributed by atoms with Crippen LogP contribution in [-0.4, -0.2) is 9.91 Å². The molecule has 0 aliphatic rings. The summed E-state index contributed by atoms with van der Waals surface area (Å²) in [6.07, 6.45) is 3.09. The van der Waals surface area contributed by atoms with E-state index in [2.05, 4.69) is 20.9 Å². The maximum absolute atomic E-state index is 10.9. The van der Waals surface area contributed by atoms with Crippen LogP contribution in [0.15, 0.2) is 47.2 Å². The molecular formula is C11H7BrN2O3. The van der Waals surface area contributed by atoms with Crippen molar-refractivity contribution < 1.29 is 9.66 Å². The minimum atomic E-state index is -0.490. The Morgan fingerprint density at radius 3 is 2.82 bits per heavy atom. The lowest BCUT2D eigenvalue weighted by Gasteiger charge is -2.05. The minimum Gasteiger partial charge on any atom is -0.449 e. The summed E-state index contributed by atoms with van der Waals surface area (Å²) in [7, 11) is 0. The van der Waals surface area contributed by atoms with E-state index in [9.17, 15) is 10.1 Å². The van der Waals surface area contributed by atoms with Crippen molar-refractivity contribution in [1.82, 2.24) is 4.98 Å². The Kier molecular flexibility index (Phi) is 3.34. The first-order valence-corrected chi connectivity index (χ1v) is 5.48. The van der Waals surface area contributed by atoms with E-state index in [1.807, 2.05) is 0 Å². The highest BCUT2D eigenvalue weighted by Crippen LogP contribution is 2.33. The second-order valence-electron chi connectivity index (χ2n) is 3.16. The SMILES string of the molecule is O=[N+]([O-])c1cc(Br)ccc1Oc1cccnc1. The third-order valence-electron chi connectivity index (χ3n) is 1.98. The maximum Gasteiger partial charge on any atom is 0.312 e. The van der Waals surface area contributed by atoms with Crippen molar-refractivity contribution in [2.45, 2.75) is 0 Å². The summed E-state index contributed by atoms with van der Waals surface area (Å²) in [6.45, 7) is 0. The van der Waals surface area contributed by atoms with Crippen molar-refractivity contribution in [3.8, 4) is 11.5 Å². The van der Waals surface area contributed by atoms with Gasteiger partial charge >= 0.3 is 5.69 Å². The van der Waals surface area contributed by atoms with Gasteiger partial charge in [0.25, 0.3) is 0 Å². The van der Waals surface area contributed by atoms with Crippen molar-refractivity contribution in [1.29, 1.82) is 0 Å². The quantitative estimate of drug-likeness (QED) is 0.641. The molecule has 2 aromatic rings. The van der Waals surface area contributed by atoms with Gasteiger partial charge in [-0.05, 0) is 24.3 Å². The fourth-order valence-corrected chi connectivity index (χ4v) is 1.60. The van der Waals surface area contributed by atoms with E-state index in [1.165, 1.54) is 18.3 Å². The summed E-state index contributed by atoms with van der Waals surface area (Å²) in [5, 5.41) is 10.9. The Balaban J connectivity index is 2.36. The van der Waals surface area contributed by atoms with Crippen molar-refractivity contribution in [2.24, 2.45) is 0 Å². The number of nitro groups is 1. The maximum atomic E-state index is 10.9. The third kappa shape index (κ3) is 2.79. The van der Waals surface area contributed by atoms with Crippen LogP contribution in [0, 0.1) is 10.1 Å². The molecule has 1 heterocycles. The minimum absolute atomic E-state index is 0.0942. The first-order valence-electron chi connectivity index (χ1n) is 4.68. The predicted molar refractivity (Wildman–Crippen MR) is 65.1 cm³/mol. The van der Waals surface area contributed by atoms with Gasteiger partial charge < -0.3 is 4.74 Å². The average Bonchev–Trinajstić information content (AvgIpc) is 2.32. The molecule has 86 valence electrons. The number of nitro benzene ring substituents is 1. The number of halogens is 1. The molecule has 1 aromatic carbocycles. The highest BCUT2D eigenvalue weighted by atomic mass is 79.9. The number of benzene rings is 1. The largest absolute Gasteiger partial charge is 0.449 e. The summed E-state index contributed by atoms with van der Waals surface area (Å²) in [6, 6.07) is 7.98. The van der Waals surface area contributed by atoms with Gasteiger partial charge in [0.2, 0.25) is 5.75 Å². The fourth-order valence-electron chi connectivity index (χ4n) is 1.25. The molecule has 1 aromatic heterocycles. The van der Waals surface area contributed by atoms with E-state index in [-0.39, 0.29) is 11.4 Å². The number of aromatic nitrogens is 1. The van der Waals surface area contributed by atoms with Gasteiger partial charge in [-0.3, -0.25) is 15.1 Å². The molecule has 0 bridgehead atoms. The van der Waals surface area contributed by atoms with Crippen molar-refractivity contribution in [3.05, 3.63) is 57.3 Å². The number of nitrogens with zero attached hydrogens (tertiary/aromatic N) is 2. The van der Waals surface area contributed by atoms with Crippen LogP contribution in [0.5, 0.6) is 11.5 Å². The highest BCUT2D eigenvalue weighted by Gasteiger charge is 2.16. The van der Waals surface area contributed by atoms with Crippen LogP contribution in [0.1, 0.15) is 0 Å². The van der Waals surface area contributed by atoms with E-state index in [4.69, 9.17) is 4.74 Å². The molecule has 0 spiro atoms. The topological polar surface area (TPSA) is 65.3 Å². The Hall–Kier alpha value is -1.95. The molecule has 17 heavy (non-hydrogen) atoms. The van der Waals surface area contributed by atoms with Crippen LogP contribution >= 0.6 is 15.9 Å². The normalized spacial score (nSPS) is 9.94. The lowest BCUT2D eigenvalue weighted by molar-refractivity contribution is -0.385. The van der Waals surface area contributed by atoms with Gasteiger partial charge in [-0.1, -0.05) is 15.9 Å². The standard InChI is InChI=1S/C11H7BrN2O3/c12-8-3-4-11(10(6-8)14(15)16)17-9-2-1-5-13-7-9/h1-7H. The van der Waals surface area contributed by atoms with Crippen LogP contribution in [0.25, 0.3) is 0 Å². The Labute approximate surface area is 105 Å². The zero-order valence-corrected chi connectivity index (χ0v) is 10.1. The van der Waals surface area contributed by atoms with Crippen molar-refractivity contribution in [3.63, 3.8) is 0 Å². The predicted octanol–water partition coefficient (Wildman–Crippen LogP) is 3.54. The fraction of sp³-hybridized carbons (Fsp3) is 0. The van der Waals surface area contributed by atoms with Gasteiger partial charge in [0, 0.05) is 16.7 Å². The van der Waals surface area contributed by atoms with Crippen LogP contribution < -0.4 is 4.74 Å². The van der Waals surface area contributed by atoms with Crippen LogP contribution in [0.3, 0.4) is 0 Å². The van der Waals surface area contributed by atoms with Gasteiger partial charge in [-0.2, -0.15) is 0 Å². The molecule has 5 nitrogen and oxygen atoms in total. The Morgan fingerprint density at radius 1 is 1.35 bits per heavy atom. The third-order valence-corrected chi connectivity index (χ3v) is 2.47. The summed E-state index contributed by atoms with van der Waals surface area (Å²) in [5.41, 5.74) is -0.0942. The number of hydrogen-bond acceptors (Lipinski definition) is 4. The second kappa shape index (κ2) is 4.92. The van der Waals surface area contributed by atoms with Gasteiger partial charge in [-0.15, -0.1) is 0 Å². The lowest BCUT2D eigenvalue weighted by atomic mass is 10.3. The molecule has 0 radical (unpaired) electrons. The molecule has 0 N–H and O–H groups in total. The molecule has 0 aliphatic heterocycles. The van der Waals surface area contributed by atoms with E-state index in [0.29, 0.717) is 10.2 Å². The van der Waals surface area contributed by atoms with Crippen LogP contribution in [0.4, 0.5) is 5.69 Å². The van der Waals surface area contributed by atoms with E-state index < -0.39 is 4.92 Å². The van der Waals surface area contributed by atoms with Gasteiger partial charge in [-0.25, -0.2) is 0 Å². The number of ether oxygens (including phenoxy) is 1. The van der Waals surface area contributed by atoms with Crippen molar-refractivity contribution in [2.75, 3.05) is 0 Å². The van der Waals surface area contributed by atoms with Gasteiger partial charge in [0.15, 0.2) is 0 Å². The molecule has 0 saturated carbocycles. The van der Waals surface area contributed by atoms with E-state index >= 15 is 0 Å².